The first-order chi connectivity index (χ1) is 11.6. The lowest BCUT2D eigenvalue weighted by Gasteiger charge is -2.26. The molecular weight excluding hydrogens is 327 g/mol. The van der Waals surface area contributed by atoms with Crippen LogP contribution in [0.3, 0.4) is 0 Å². The standard InChI is InChI=1S/C17H21FN4OS/c1-2-4-15-20-21-17(24)22(15)10-16(23)19-14-6-3-5-11-9-12(18)7-8-13(11)14/h7-9,14H,2-6,10H2,1H3,(H,19,23)(H,21,24)/t14-/m0/s1. The fourth-order valence-corrected chi connectivity index (χ4v) is 3.46. The second kappa shape index (κ2) is 7.25. The highest BCUT2D eigenvalue weighted by Crippen LogP contribution is 2.30. The molecule has 0 spiro atoms. The van der Waals surface area contributed by atoms with Gasteiger partial charge in [-0.2, -0.15) is 5.10 Å². The number of hydrogen-bond donors (Lipinski definition) is 2. The first kappa shape index (κ1) is 16.8. The van der Waals surface area contributed by atoms with Crippen LogP contribution in [0.15, 0.2) is 18.2 Å². The Morgan fingerprint density at radius 1 is 1.54 bits per heavy atom. The highest BCUT2D eigenvalue weighted by atomic mass is 32.1. The van der Waals surface area contributed by atoms with Gasteiger partial charge in [0.1, 0.15) is 18.2 Å². The van der Waals surface area contributed by atoms with E-state index in [-0.39, 0.29) is 24.3 Å². The summed E-state index contributed by atoms with van der Waals surface area (Å²) in [6.45, 7) is 2.21. The molecule has 1 amide bonds. The van der Waals surface area contributed by atoms with Gasteiger partial charge in [-0.25, -0.2) is 4.39 Å². The molecule has 5 nitrogen and oxygen atoms in total. The van der Waals surface area contributed by atoms with Gasteiger partial charge in [0.25, 0.3) is 0 Å². The third-order valence-corrected chi connectivity index (χ3v) is 4.68. The quantitative estimate of drug-likeness (QED) is 0.816. The molecule has 1 heterocycles. The lowest BCUT2D eigenvalue weighted by molar-refractivity contribution is -0.122. The summed E-state index contributed by atoms with van der Waals surface area (Å²) in [7, 11) is 0. The average Bonchev–Trinajstić information content (AvgIpc) is 2.88. The summed E-state index contributed by atoms with van der Waals surface area (Å²) in [6.07, 6.45) is 4.36. The van der Waals surface area contributed by atoms with E-state index >= 15 is 0 Å². The minimum atomic E-state index is -0.227. The van der Waals surface area contributed by atoms with Crippen LogP contribution < -0.4 is 5.32 Å². The molecule has 1 aromatic carbocycles. The van der Waals surface area contributed by atoms with Gasteiger partial charge in [0.05, 0.1) is 6.04 Å². The number of rotatable bonds is 5. The van der Waals surface area contributed by atoms with Gasteiger partial charge in [0, 0.05) is 6.42 Å². The Hall–Kier alpha value is -2.02. The number of H-pyrrole nitrogens is 1. The monoisotopic (exact) mass is 348 g/mol. The third kappa shape index (κ3) is 3.56. The molecule has 0 saturated heterocycles. The predicted molar refractivity (Wildman–Crippen MR) is 91.6 cm³/mol. The maximum absolute atomic E-state index is 13.4. The zero-order valence-electron chi connectivity index (χ0n) is 13.6. The number of aryl methyl sites for hydroxylation is 2. The van der Waals surface area contributed by atoms with Crippen molar-refractivity contribution in [3.05, 3.63) is 45.7 Å². The number of halogens is 1. The van der Waals surface area contributed by atoms with Crippen molar-refractivity contribution in [3.8, 4) is 0 Å². The lowest BCUT2D eigenvalue weighted by atomic mass is 9.87. The van der Waals surface area contributed by atoms with Crippen LogP contribution in [0.25, 0.3) is 0 Å². The number of aromatic nitrogens is 3. The van der Waals surface area contributed by atoms with Gasteiger partial charge in [-0.1, -0.05) is 13.0 Å². The number of amides is 1. The molecule has 0 bridgehead atoms. The number of carbonyl (C=O) groups excluding carboxylic acids is 1. The molecule has 1 aromatic heterocycles. The predicted octanol–water partition coefficient (Wildman–Crippen LogP) is 3.23. The number of aromatic amines is 1. The number of nitrogens with zero attached hydrogens (tertiary/aromatic N) is 2. The van der Waals surface area contributed by atoms with E-state index in [1.54, 1.807) is 16.7 Å². The average molecular weight is 348 g/mol. The van der Waals surface area contributed by atoms with Crippen LogP contribution in [0.2, 0.25) is 0 Å². The van der Waals surface area contributed by atoms with Gasteiger partial charge in [-0.05, 0) is 61.2 Å². The fraction of sp³-hybridized carbons (Fsp3) is 0.471. The van der Waals surface area contributed by atoms with Crippen molar-refractivity contribution in [2.24, 2.45) is 0 Å². The highest BCUT2D eigenvalue weighted by molar-refractivity contribution is 7.71. The Morgan fingerprint density at radius 2 is 2.38 bits per heavy atom. The van der Waals surface area contributed by atoms with Gasteiger partial charge in [-0.3, -0.25) is 14.5 Å². The molecule has 7 heteroatoms. The Bertz CT molecular complexity index is 798. The minimum absolute atomic E-state index is 0.0717. The van der Waals surface area contributed by atoms with E-state index in [0.717, 1.165) is 49.1 Å². The normalized spacial score (nSPS) is 16.7. The first-order valence-corrected chi connectivity index (χ1v) is 8.71. The van der Waals surface area contributed by atoms with Crippen molar-refractivity contribution in [1.29, 1.82) is 0 Å². The first-order valence-electron chi connectivity index (χ1n) is 8.30. The molecule has 0 radical (unpaired) electrons. The lowest BCUT2D eigenvalue weighted by Crippen LogP contribution is -2.34. The van der Waals surface area contributed by atoms with Crippen LogP contribution >= 0.6 is 12.2 Å². The van der Waals surface area contributed by atoms with Crippen LogP contribution in [0, 0.1) is 10.6 Å². The number of hydrogen-bond acceptors (Lipinski definition) is 3. The maximum Gasteiger partial charge on any atom is 0.240 e. The maximum atomic E-state index is 13.4. The summed E-state index contributed by atoms with van der Waals surface area (Å²) in [4.78, 5) is 12.5. The number of fused-ring (bicyclic) bond motifs is 1. The fourth-order valence-electron chi connectivity index (χ4n) is 3.24. The second-order valence-corrected chi connectivity index (χ2v) is 6.52. The molecule has 0 aliphatic heterocycles. The number of nitrogens with one attached hydrogen (secondary N) is 2. The number of carbonyl (C=O) groups is 1. The zero-order valence-corrected chi connectivity index (χ0v) is 14.5. The van der Waals surface area contributed by atoms with Crippen molar-refractivity contribution >= 4 is 18.1 Å². The summed E-state index contributed by atoms with van der Waals surface area (Å²) in [5.41, 5.74) is 2.00. The molecule has 128 valence electrons. The van der Waals surface area contributed by atoms with E-state index < -0.39 is 0 Å². The zero-order chi connectivity index (χ0) is 17.1. The molecule has 1 aliphatic carbocycles. The summed E-state index contributed by atoms with van der Waals surface area (Å²) in [5, 5.41) is 9.98. The molecule has 0 saturated carbocycles. The van der Waals surface area contributed by atoms with Gasteiger partial charge >= 0.3 is 0 Å². The van der Waals surface area contributed by atoms with E-state index in [0.29, 0.717) is 4.77 Å². The van der Waals surface area contributed by atoms with Crippen molar-refractivity contribution in [2.75, 3.05) is 0 Å². The van der Waals surface area contributed by atoms with Crippen LogP contribution in [-0.4, -0.2) is 20.7 Å². The molecular formula is C17H21FN4OS. The SMILES string of the molecule is CCCc1n[nH]c(=S)n1CC(=O)N[C@H]1CCCc2cc(F)ccc21. The van der Waals surface area contributed by atoms with E-state index in [9.17, 15) is 9.18 Å². The molecule has 1 aliphatic rings. The largest absolute Gasteiger partial charge is 0.348 e. The Kier molecular flexibility index (Phi) is 5.08. The second-order valence-electron chi connectivity index (χ2n) is 6.14. The van der Waals surface area contributed by atoms with Gasteiger partial charge < -0.3 is 5.32 Å². The van der Waals surface area contributed by atoms with Crippen molar-refractivity contribution in [1.82, 2.24) is 20.1 Å². The van der Waals surface area contributed by atoms with Gasteiger partial charge in [0.15, 0.2) is 4.77 Å². The van der Waals surface area contributed by atoms with E-state index in [4.69, 9.17) is 12.2 Å². The third-order valence-electron chi connectivity index (χ3n) is 4.37. The summed E-state index contributed by atoms with van der Waals surface area (Å²) in [6, 6.07) is 4.73. The topological polar surface area (TPSA) is 62.7 Å². The van der Waals surface area contributed by atoms with Crippen molar-refractivity contribution in [3.63, 3.8) is 0 Å². The highest BCUT2D eigenvalue weighted by Gasteiger charge is 2.22. The van der Waals surface area contributed by atoms with E-state index in [1.807, 2.05) is 0 Å². The van der Waals surface area contributed by atoms with Crippen molar-refractivity contribution in [2.45, 2.75) is 51.6 Å². The van der Waals surface area contributed by atoms with E-state index in [1.165, 1.54) is 6.07 Å². The summed E-state index contributed by atoms with van der Waals surface area (Å²) < 4.78 is 15.6. The Labute approximate surface area is 145 Å². The van der Waals surface area contributed by atoms with Crippen LogP contribution in [-0.2, 0) is 24.2 Å². The molecule has 1 atom stereocenters. The summed E-state index contributed by atoms with van der Waals surface area (Å²) >= 11 is 5.21. The Morgan fingerprint density at radius 3 is 3.17 bits per heavy atom. The molecule has 2 N–H and O–H groups in total. The van der Waals surface area contributed by atoms with E-state index in [2.05, 4.69) is 22.4 Å². The molecule has 24 heavy (non-hydrogen) atoms. The van der Waals surface area contributed by atoms with Crippen molar-refractivity contribution < 1.29 is 9.18 Å². The smallest absolute Gasteiger partial charge is 0.240 e. The molecule has 3 rings (SSSR count). The summed E-state index contributed by atoms with van der Waals surface area (Å²) in [5.74, 6) is 0.463. The molecule has 0 unspecified atom stereocenters. The minimum Gasteiger partial charge on any atom is -0.348 e. The van der Waals surface area contributed by atoms with Crippen LogP contribution in [0.4, 0.5) is 4.39 Å². The van der Waals surface area contributed by atoms with Gasteiger partial charge in [0.2, 0.25) is 5.91 Å². The van der Waals surface area contributed by atoms with Crippen LogP contribution in [0.5, 0.6) is 0 Å². The Balaban J connectivity index is 1.73. The number of benzene rings is 1. The van der Waals surface area contributed by atoms with Gasteiger partial charge in [-0.15, -0.1) is 0 Å². The molecule has 2 aromatic rings. The van der Waals surface area contributed by atoms with Crippen LogP contribution in [0.1, 0.15) is 49.2 Å². The molecule has 0 fully saturated rings.